The van der Waals surface area contributed by atoms with Gasteiger partial charge in [-0.3, -0.25) is 4.99 Å². The summed E-state index contributed by atoms with van der Waals surface area (Å²) in [5.74, 6) is 0.675. The molecule has 3 aliphatic carbocycles. The molecule has 2 spiro atoms. The van der Waals surface area contributed by atoms with Crippen molar-refractivity contribution in [3.05, 3.63) is 299 Å². The topological polar surface area (TPSA) is 38.1 Å². The van der Waals surface area contributed by atoms with Crippen molar-refractivity contribution < 1.29 is 0 Å². The Morgan fingerprint density at radius 3 is 1.32 bits per heavy atom. The highest BCUT2D eigenvalue weighted by Crippen LogP contribution is 2.67. The monoisotopic (exact) mass is 903 g/mol. The van der Waals surface area contributed by atoms with Crippen molar-refractivity contribution in [3.8, 4) is 78.4 Å². The molecule has 3 heteroatoms. The summed E-state index contributed by atoms with van der Waals surface area (Å²) in [4.78, 5) is 14.9. The quantitative estimate of drug-likeness (QED) is 0.156. The molecule has 0 fully saturated rings. The third-order valence-corrected chi connectivity index (χ3v) is 15.4. The van der Waals surface area contributed by atoms with E-state index in [1.165, 1.54) is 66.8 Å². The Hall–Kier alpha value is -9.05. The van der Waals surface area contributed by atoms with Crippen molar-refractivity contribution in [1.82, 2.24) is 9.97 Å². The lowest BCUT2D eigenvalue weighted by Crippen LogP contribution is -2.43. The average Bonchev–Trinajstić information content (AvgIpc) is 3.92. The van der Waals surface area contributed by atoms with Crippen molar-refractivity contribution in [2.24, 2.45) is 4.99 Å². The first kappa shape index (κ1) is 41.0. The first-order valence-corrected chi connectivity index (χ1v) is 24.5. The Morgan fingerprint density at radius 2 is 0.732 bits per heavy atom. The molecule has 0 saturated heterocycles. The maximum absolute atomic E-state index is 5.43. The smallest absolute Gasteiger partial charge is 0.160 e. The van der Waals surface area contributed by atoms with Crippen molar-refractivity contribution in [2.75, 3.05) is 7.05 Å². The summed E-state index contributed by atoms with van der Waals surface area (Å²) in [6, 6.07) is 91.5. The lowest BCUT2D eigenvalue weighted by atomic mass is 9.52. The van der Waals surface area contributed by atoms with Gasteiger partial charge >= 0.3 is 0 Å². The maximum Gasteiger partial charge on any atom is 0.160 e. The molecular weight excluding hydrogens is 859 g/mol. The van der Waals surface area contributed by atoms with Gasteiger partial charge in [0.1, 0.15) is 0 Å². The Bertz CT molecular complexity index is 3880. The van der Waals surface area contributed by atoms with Gasteiger partial charge in [-0.2, -0.15) is 0 Å². The summed E-state index contributed by atoms with van der Waals surface area (Å²) in [6.45, 7) is 0. The zero-order valence-electron chi connectivity index (χ0n) is 39.1. The van der Waals surface area contributed by atoms with Gasteiger partial charge in [0.25, 0.3) is 0 Å². The van der Waals surface area contributed by atoms with E-state index in [0.29, 0.717) is 5.82 Å². The van der Waals surface area contributed by atoms with Crippen LogP contribution in [0.1, 0.15) is 50.1 Å². The fourth-order valence-corrected chi connectivity index (χ4v) is 12.6. The van der Waals surface area contributed by atoms with E-state index in [4.69, 9.17) is 9.97 Å². The van der Waals surface area contributed by atoms with Crippen LogP contribution in [-0.2, 0) is 10.8 Å². The molecule has 1 aromatic heterocycles. The second-order valence-corrected chi connectivity index (χ2v) is 19.0. The Balaban J connectivity index is 0.956. The van der Waals surface area contributed by atoms with E-state index in [1.54, 1.807) is 7.05 Å². The minimum Gasteiger partial charge on any atom is -0.296 e. The van der Waals surface area contributed by atoms with E-state index < -0.39 is 10.8 Å². The largest absolute Gasteiger partial charge is 0.296 e. The maximum atomic E-state index is 5.43. The SMILES string of the molecule is C/N=C\c1cccc(-c2cccc(-c3nc(-c4ccccc4)cc(-c4ccccc4-c4ccc5c(c4)-c4ccccc4C54c5ccccc5C5(c6ccccc6-c6ccccc65)c5ccccc54)n3)c2)c1. The van der Waals surface area contributed by atoms with Crippen molar-refractivity contribution in [3.63, 3.8) is 0 Å². The molecule has 0 amide bonds. The third kappa shape index (κ3) is 5.93. The van der Waals surface area contributed by atoms with Gasteiger partial charge in [0.05, 0.1) is 22.2 Å². The van der Waals surface area contributed by atoms with Gasteiger partial charge in [0.15, 0.2) is 5.82 Å². The van der Waals surface area contributed by atoms with Gasteiger partial charge in [0.2, 0.25) is 0 Å². The number of aliphatic imine (C=N–C) groups is 1. The number of rotatable bonds is 6. The van der Waals surface area contributed by atoms with Gasteiger partial charge in [-0.25, -0.2) is 9.97 Å². The molecule has 332 valence electrons. The Kier molecular flexibility index (Phi) is 9.24. The fraction of sp³-hybridized carbons (Fsp3) is 0.0441. The molecule has 3 nitrogen and oxygen atoms in total. The number of benzene rings is 10. The molecule has 0 atom stereocenters. The average molecular weight is 904 g/mol. The van der Waals surface area contributed by atoms with Crippen LogP contribution in [0.3, 0.4) is 0 Å². The van der Waals surface area contributed by atoms with E-state index in [1.807, 2.05) is 12.3 Å². The number of nitrogens with zero attached hydrogens (tertiary/aromatic N) is 3. The van der Waals surface area contributed by atoms with Crippen LogP contribution in [0, 0.1) is 0 Å². The van der Waals surface area contributed by atoms with Gasteiger partial charge in [0, 0.05) is 30.0 Å². The zero-order chi connectivity index (χ0) is 47.1. The van der Waals surface area contributed by atoms with Crippen LogP contribution in [0.25, 0.3) is 78.4 Å². The van der Waals surface area contributed by atoms with Crippen LogP contribution in [0.4, 0.5) is 0 Å². The summed E-state index contributed by atoms with van der Waals surface area (Å²) in [5, 5.41) is 0. The van der Waals surface area contributed by atoms with E-state index in [0.717, 1.165) is 55.9 Å². The van der Waals surface area contributed by atoms with E-state index in [-0.39, 0.29) is 0 Å². The molecule has 0 saturated carbocycles. The predicted molar refractivity (Wildman–Crippen MR) is 291 cm³/mol. The summed E-state index contributed by atoms with van der Waals surface area (Å²) >= 11 is 0. The summed E-state index contributed by atoms with van der Waals surface area (Å²) in [5.41, 5.74) is 25.0. The highest BCUT2D eigenvalue weighted by Gasteiger charge is 2.58. The van der Waals surface area contributed by atoms with E-state index >= 15 is 0 Å². The van der Waals surface area contributed by atoms with Crippen LogP contribution in [0.2, 0.25) is 0 Å². The van der Waals surface area contributed by atoms with Gasteiger partial charge in [-0.1, -0.05) is 224 Å². The lowest BCUT2D eigenvalue weighted by molar-refractivity contribution is 0.633. The molecule has 71 heavy (non-hydrogen) atoms. The van der Waals surface area contributed by atoms with Crippen molar-refractivity contribution in [1.29, 1.82) is 0 Å². The van der Waals surface area contributed by atoms with Gasteiger partial charge < -0.3 is 0 Å². The molecule has 0 unspecified atom stereocenters. The van der Waals surface area contributed by atoms with E-state index in [9.17, 15) is 0 Å². The van der Waals surface area contributed by atoms with Crippen molar-refractivity contribution >= 4 is 6.21 Å². The Morgan fingerprint density at radius 1 is 0.296 bits per heavy atom. The minimum atomic E-state index is -0.555. The molecule has 0 N–H and O–H groups in total. The van der Waals surface area contributed by atoms with Gasteiger partial charge in [-0.05, 0) is 119 Å². The molecule has 0 bridgehead atoms. The minimum absolute atomic E-state index is 0.479. The fourth-order valence-electron chi connectivity index (χ4n) is 12.6. The first-order chi connectivity index (χ1) is 35.2. The summed E-state index contributed by atoms with van der Waals surface area (Å²) in [6.07, 6.45) is 1.89. The number of hydrogen-bond acceptors (Lipinski definition) is 3. The molecule has 14 rings (SSSR count). The first-order valence-electron chi connectivity index (χ1n) is 24.5. The number of fused-ring (bicyclic) bond motifs is 16. The summed E-state index contributed by atoms with van der Waals surface area (Å²) in [7, 11) is 1.80. The van der Waals surface area contributed by atoms with Crippen molar-refractivity contribution in [2.45, 2.75) is 10.8 Å². The molecule has 11 aromatic rings. The summed E-state index contributed by atoms with van der Waals surface area (Å²) < 4.78 is 0. The van der Waals surface area contributed by atoms with Gasteiger partial charge in [-0.15, -0.1) is 0 Å². The standard InChI is InChI=1S/C68H45N3/c1-69-43-44-19-17-22-46(39-44)47-23-18-24-49(40-47)66-70-64(45-20-3-2-4-21-45)42-65(71-66)54-29-6-5-25-50(54)48-37-38-59-55(41-48)53-28-9-12-32-58(53)68(59)62-35-15-13-33-60(62)67(61-34-14-16-36-63(61)68)56-30-10-7-26-51(56)52-27-8-11-31-57(52)67/h2-43H,1H3/b69-43-. The highest BCUT2D eigenvalue weighted by atomic mass is 14.9. The van der Waals surface area contributed by atoms with E-state index in [2.05, 4.69) is 248 Å². The van der Waals surface area contributed by atoms with Crippen LogP contribution >= 0.6 is 0 Å². The van der Waals surface area contributed by atoms with Crippen LogP contribution in [0.15, 0.2) is 254 Å². The second kappa shape index (κ2) is 16.0. The zero-order valence-corrected chi connectivity index (χ0v) is 39.1. The highest BCUT2D eigenvalue weighted by molar-refractivity contribution is 5.96. The molecule has 10 aromatic carbocycles. The predicted octanol–water partition coefficient (Wildman–Crippen LogP) is 15.9. The Labute approximate surface area is 414 Å². The molecule has 0 radical (unpaired) electrons. The molecule has 1 heterocycles. The molecule has 3 aliphatic rings. The third-order valence-electron chi connectivity index (χ3n) is 15.4. The number of aromatic nitrogens is 2. The normalized spacial score (nSPS) is 13.9. The second-order valence-electron chi connectivity index (χ2n) is 19.0. The number of hydrogen-bond donors (Lipinski definition) is 0. The van der Waals surface area contributed by atoms with Crippen LogP contribution in [0.5, 0.6) is 0 Å². The van der Waals surface area contributed by atoms with Crippen LogP contribution < -0.4 is 0 Å². The molecular formula is C68H45N3. The van der Waals surface area contributed by atoms with Crippen LogP contribution in [-0.4, -0.2) is 23.2 Å². The molecule has 0 aliphatic heterocycles. The lowest BCUT2D eigenvalue weighted by Gasteiger charge is -2.48.